The number of fused-ring (bicyclic) bond motifs is 1. The van der Waals surface area contributed by atoms with Crippen molar-refractivity contribution in [1.82, 2.24) is 24.7 Å². The van der Waals surface area contributed by atoms with Gasteiger partial charge in [0.05, 0.1) is 0 Å². The molecule has 4 rings (SSSR count). The van der Waals surface area contributed by atoms with E-state index in [-0.39, 0.29) is 0 Å². The lowest BCUT2D eigenvalue weighted by Gasteiger charge is -2.42. The third-order valence-corrected chi connectivity index (χ3v) is 5.18. The molecule has 2 aromatic heterocycles. The molecule has 1 atom stereocenters. The maximum Gasteiger partial charge on any atom is 0.178 e. The van der Waals surface area contributed by atoms with Crippen LogP contribution in [0, 0.1) is 6.92 Å². The van der Waals surface area contributed by atoms with Gasteiger partial charge in [0.15, 0.2) is 11.5 Å². The fraction of sp³-hybridized carbons (Fsp3) is 0.450. The molecule has 0 amide bonds. The lowest BCUT2D eigenvalue weighted by atomic mass is 10.1. The van der Waals surface area contributed by atoms with Crippen LogP contribution in [0.3, 0.4) is 0 Å². The zero-order valence-electron chi connectivity index (χ0n) is 15.5. The lowest BCUT2D eigenvalue weighted by Crippen LogP contribution is -2.53. The van der Waals surface area contributed by atoms with Gasteiger partial charge in [0.1, 0.15) is 5.82 Å². The SMILES string of the molecule is CCCC1CN(c2ccc3nnc(C)n3n2)CCN1Cc1ccccc1. The Kier molecular flexibility index (Phi) is 4.84. The minimum Gasteiger partial charge on any atom is -0.352 e. The van der Waals surface area contributed by atoms with E-state index in [0.29, 0.717) is 6.04 Å². The molecule has 0 spiro atoms. The molecule has 1 saturated heterocycles. The summed E-state index contributed by atoms with van der Waals surface area (Å²) in [4.78, 5) is 5.03. The van der Waals surface area contributed by atoms with Crippen LogP contribution < -0.4 is 4.90 Å². The van der Waals surface area contributed by atoms with Gasteiger partial charge in [-0.1, -0.05) is 43.7 Å². The molecule has 136 valence electrons. The van der Waals surface area contributed by atoms with E-state index in [2.05, 4.69) is 63.3 Å². The summed E-state index contributed by atoms with van der Waals surface area (Å²) in [6, 6.07) is 15.4. The van der Waals surface area contributed by atoms with Crippen LogP contribution in [-0.4, -0.2) is 50.4 Å². The Labute approximate surface area is 154 Å². The molecule has 6 nitrogen and oxygen atoms in total. The van der Waals surface area contributed by atoms with E-state index in [9.17, 15) is 0 Å². The van der Waals surface area contributed by atoms with Gasteiger partial charge in [0.25, 0.3) is 0 Å². The van der Waals surface area contributed by atoms with Gasteiger partial charge < -0.3 is 4.90 Å². The minimum absolute atomic E-state index is 0.550. The maximum absolute atomic E-state index is 4.76. The van der Waals surface area contributed by atoms with Crippen molar-refractivity contribution < 1.29 is 0 Å². The van der Waals surface area contributed by atoms with Gasteiger partial charge in [-0.3, -0.25) is 4.90 Å². The molecular formula is C20H26N6. The fourth-order valence-electron chi connectivity index (χ4n) is 3.79. The summed E-state index contributed by atoms with van der Waals surface area (Å²) in [5.41, 5.74) is 2.20. The molecule has 0 aliphatic carbocycles. The number of anilines is 1. The van der Waals surface area contributed by atoms with Crippen LogP contribution in [0.5, 0.6) is 0 Å². The fourth-order valence-corrected chi connectivity index (χ4v) is 3.79. The molecule has 1 aromatic carbocycles. The Morgan fingerprint density at radius 2 is 1.88 bits per heavy atom. The Hall–Kier alpha value is -2.47. The van der Waals surface area contributed by atoms with E-state index in [1.165, 1.54) is 18.4 Å². The molecule has 1 unspecified atom stereocenters. The molecule has 1 fully saturated rings. The highest BCUT2D eigenvalue weighted by molar-refractivity contribution is 5.46. The van der Waals surface area contributed by atoms with Gasteiger partial charge in [-0.05, 0) is 31.0 Å². The predicted octanol–water partition coefficient (Wildman–Crippen LogP) is 2.92. The number of rotatable bonds is 5. The van der Waals surface area contributed by atoms with E-state index >= 15 is 0 Å². The second-order valence-corrected chi connectivity index (χ2v) is 7.05. The van der Waals surface area contributed by atoms with Crippen LogP contribution in [0.25, 0.3) is 5.65 Å². The number of aryl methyl sites for hydroxylation is 1. The molecule has 0 saturated carbocycles. The van der Waals surface area contributed by atoms with Crippen LogP contribution in [0.2, 0.25) is 0 Å². The summed E-state index contributed by atoms with van der Waals surface area (Å²) < 4.78 is 1.83. The normalized spacial score (nSPS) is 18.5. The Bertz CT molecular complexity index is 859. The molecule has 0 radical (unpaired) electrons. The third kappa shape index (κ3) is 3.42. The number of benzene rings is 1. The highest BCUT2D eigenvalue weighted by Crippen LogP contribution is 2.22. The lowest BCUT2D eigenvalue weighted by molar-refractivity contribution is 0.158. The molecular weight excluding hydrogens is 324 g/mol. The van der Waals surface area contributed by atoms with Gasteiger partial charge in [-0.2, -0.15) is 4.52 Å². The zero-order chi connectivity index (χ0) is 17.9. The average molecular weight is 350 g/mol. The predicted molar refractivity (Wildman–Crippen MR) is 103 cm³/mol. The van der Waals surface area contributed by atoms with Gasteiger partial charge in [0, 0.05) is 32.2 Å². The number of piperazine rings is 1. The number of aromatic nitrogens is 4. The first-order valence-electron chi connectivity index (χ1n) is 9.46. The molecule has 6 heteroatoms. The van der Waals surface area contributed by atoms with Crippen molar-refractivity contribution in [2.45, 2.75) is 39.3 Å². The van der Waals surface area contributed by atoms with Crippen molar-refractivity contribution in [1.29, 1.82) is 0 Å². The first-order chi connectivity index (χ1) is 12.7. The first-order valence-corrected chi connectivity index (χ1v) is 9.46. The topological polar surface area (TPSA) is 49.6 Å². The van der Waals surface area contributed by atoms with Crippen LogP contribution >= 0.6 is 0 Å². The molecule has 1 aliphatic rings. The molecule has 0 N–H and O–H groups in total. The maximum atomic E-state index is 4.76. The molecule has 1 aliphatic heterocycles. The van der Waals surface area contributed by atoms with E-state index < -0.39 is 0 Å². The van der Waals surface area contributed by atoms with E-state index in [1.54, 1.807) is 0 Å². The Morgan fingerprint density at radius 1 is 1.04 bits per heavy atom. The van der Waals surface area contributed by atoms with E-state index in [0.717, 1.165) is 43.5 Å². The largest absolute Gasteiger partial charge is 0.352 e. The van der Waals surface area contributed by atoms with Gasteiger partial charge in [-0.15, -0.1) is 15.3 Å². The van der Waals surface area contributed by atoms with Crippen molar-refractivity contribution >= 4 is 11.5 Å². The zero-order valence-corrected chi connectivity index (χ0v) is 15.5. The van der Waals surface area contributed by atoms with Crippen molar-refractivity contribution in [3.05, 3.63) is 53.9 Å². The number of hydrogen-bond donors (Lipinski definition) is 0. The molecule has 0 bridgehead atoms. The van der Waals surface area contributed by atoms with Gasteiger partial charge in [0.2, 0.25) is 0 Å². The smallest absolute Gasteiger partial charge is 0.178 e. The van der Waals surface area contributed by atoms with Crippen LogP contribution in [0.4, 0.5) is 5.82 Å². The van der Waals surface area contributed by atoms with Crippen LogP contribution in [0.15, 0.2) is 42.5 Å². The van der Waals surface area contributed by atoms with Gasteiger partial charge >= 0.3 is 0 Å². The molecule has 26 heavy (non-hydrogen) atoms. The summed E-state index contributed by atoms with van der Waals surface area (Å²) in [5, 5.41) is 13.0. The summed E-state index contributed by atoms with van der Waals surface area (Å²) >= 11 is 0. The summed E-state index contributed by atoms with van der Waals surface area (Å²) in [6.45, 7) is 8.29. The van der Waals surface area contributed by atoms with Crippen molar-refractivity contribution in [3.8, 4) is 0 Å². The van der Waals surface area contributed by atoms with E-state index in [1.807, 2.05) is 17.5 Å². The standard InChI is InChI=1S/C20H26N6/c1-3-7-18-15-25(13-12-24(18)14-17-8-5-4-6-9-17)20-11-10-19-22-21-16(2)26(19)23-20/h4-6,8-11,18H,3,7,12-15H2,1-2H3. The van der Waals surface area contributed by atoms with Crippen molar-refractivity contribution in [2.24, 2.45) is 0 Å². The average Bonchev–Trinajstić information content (AvgIpc) is 3.05. The quantitative estimate of drug-likeness (QED) is 0.708. The van der Waals surface area contributed by atoms with Crippen molar-refractivity contribution in [2.75, 3.05) is 24.5 Å². The highest BCUT2D eigenvalue weighted by Gasteiger charge is 2.27. The second-order valence-electron chi connectivity index (χ2n) is 7.05. The summed E-state index contributed by atoms with van der Waals surface area (Å²) in [6.07, 6.45) is 2.40. The van der Waals surface area contributed by atoms with Crippen molar-refractivity contribution in [3.63, 3.8) is 0 Å². The summed E-state index contributed by atoms with van der Waals surface area (Å²) in [7, 11) is 0. The second kappa shape index (κ2) is 7.41. The van der Waals surface area contributed by atoms with Crippen LogP contribution in [0.1, 0.15) is 31.2 Å². The summed E-state index contributed by atoms with van der Waals surface area (Å²) in [5.74, 6) is 1.84. The third-order valence-electron chi connectivity index (χ3n) is 5.18. The molecule has 3 aromatic rings. The number of hydrogen-bond acceptors (Lipinski definition) is 5. The Morgan fingerprint density at radius 3 is 2.69 bits per heavy atom. The molecule has 3 heterocycles. The Balaban J connectivity index is 1.52. The monoisotopic (exact) mass is 350 g/mol. The van der Waals surface area contributed by atoms with Crippen LogP contribution in [-0.2, 0) is 6.54 Å². The highest BCUT2D eigenvalue weighted by atomic mass is 15.4. The van der Waals surface area contributed by atoms with E-state index in [4.69, 9.17) is 5.10 Å². The first kappa shape index (κ1) is 17.0. The van der Waals surface area contributed by atoms with Gasteiger partial charge in [-0.25, -0.2) is 0 Å². The minimum atomic E-state index is 0.550. The number of nitrogens with zero attached hydrogens (tertiary/aromatic N) is 6.